The van der Waals surface area contributed by atoms with Crippen LogP contribution in [0.5, 0.6) is 11.5 Å². The Balaban J connectivity index is 1.24. The number of aromatic hydroxyl groups is 2. The molecule has 9 atom stereocenters. The second kappa shape index (κ2) is 10.4. The van der Waals surface area contributed by atoms with Gasteiger partial charge in [0.25, 0.3) is 0 Å². The first-order chi connectivity index (χ1) is 20.9. The third kappa shape index (κ3) is 4.70. The number of phenolic OH excluding ortho intramolecular Hbond substituents is 2. The first kappa shape index (κ1) is 32.2. The van der Waals surface area contributed by atoms with E-state index in [1.54, 1.807) is 17.7 Å². The number of carbonyl (C=O) groups excluding carboxylic acids is 1. The molecule has 45 heavy (non-hydrogen) atoms. The number of fused-ring (bicyclic) bond motifs is 7. The fourth-order valence-corrected chi connectivity index (χ4v) is 11.7. The summed E-state index contributed by atoms with van der Waals surface area (Å²) in [6.45, 7) is 16.6. The van der Waals surface area contributed by atoms with Crippen LogP contribution in [-0.2, 0) is 14.3 Å². The molecule has 6 rings (SSSR count). The summed E-state index contributed by atoms with van der Waals surface area (Å²) >= 11 is 0. The number of hydrogen-bond donors (Lipinski definition) is 3. The van der Waals surface area contributed by atoms with Gasteiger partial charge in [0.15, 0.2) is 11.5 Å². The lowest BCUT2D eigenvalue weighted by Crippen LogP contribution is -2.64. The number of hydrogen-bond acceptors (Lipinski definition) is 5. The van der Waals surface area contributed by atoms with Gasteiger partial charge in [0.05, 0.1) is 5.41 Å². The number of esters is 1. The summed E-state index contributed by atoms with van der Waals surface area (Å²) in [6, 6.07) is 4.47. The van der Waals surface area contributed by atoms with Crippen molar-refractivity contribution in [1.82, 2.24) is 0 Å². The zero-order valence-electron chi connectivity index (χ0n) is 28.4. The number of carboxylic acid groups (broad SMARTS) is 1. The SMILES string of the molecule is CC1(C(=O)O)CCC2(C)CCC3(C)C(=CCC4C5(C)CCC(OC(=O)C=Cc6ccc(O)c(O)c6)C(C)(C)C5CCC43C)C2C1. The summed E-state index contributed by atoms with van der Waals surface area (Å²) in [7, 11) is 0. The lowest BCUT2D eigenvalue weighted by molar-refractivity contribution is -0.211. The van der Waals surface area contributed by atoms with Crippen molar-refractivity contribution in [3.8, 4) is 11.5 Å². The molecule has 5 aliphatic carbocycles. The van der Waals surface area contributed by atoms with E-state index in [-0.39, 0.29) is 50.6 Å². The summed E-state index contributed by atoms with van der Waals surface area (Å²) in [5.41, 5.74) is 1.86. The third-order valence-corrected chi connectivity index (χ3v) is 15.0. The summed E-state index contributed by atoms with van der Waals surface area (Å²) in [5.74, 6) is -0.158. The highest BCUT2D eigenvalue weighted by Gasteiger charge is 2.68. The number of carbonyl (C=O) groups is 2. The van der Waals surface area contributed by atoms with Gasteiger partial charge in [0.2, 0.25) is 0 Å². The van der Waals surface area contributed by atoms with E-state index in [1.807, 2.05) is 6.92 Å². The van der Waals surface area contributed by atoms with Gasteiger partial charge in [0.1, 0.15) is 6.10 Å². The fraction of sp³-hybridized carbons (Fsp3) is 0.692. The highest BCUT2D eigenvalue weighted by molar-refractivity contribution is 5.87. The summed E-state index contributed by atoms with van der Waals surface area (Å²) in [5, 5.41) is 29.6. The van der Waals surface area contributed by atoms with Crippen LogP contribution in [0.1, 0.15) is 118 Å². The van der Waals surface area contributed by atoms with E-state index in [1.165, 1.54) is 31.1 Å². The Labute approximate surface area is 269 Å². The van der Waals surface area contributed by atoms with Gasteiger partial charge in [-0.2, -0.15) is 0 Å². The van der Waals surface area contributed by atoms with E-state index < -0.39 is 11.4 Å². The molecule has 0 saturated heterocycles. The van der Waals surface area contributed by atoms with Gasteiger partial charge in [-0.25, -0.2) is 4.79 Å². The Morgan fingerprint density at radius 2 is 1.58 bits per heavy atom. The van der Waals surface area contributed by atoms with E-state index in [4.69, 9.17) is 4.74 Å². The molecule has 6 heteroatoms. The van der Waals surface area contributed by atoms with Crippen LogP contribution in [0.4, 0.5) is 0 Å². The molecule has 6 nitrogen and oxygen atoms in total. The largest absolute Gasteiger partial charge is 0.504 e. The molecule has 1 aromatic carbocycles. The van der Waals surface area contributed by atoms with Crippen molar-refractivity contribution < 1.29 is 29.6 Å². The van der Waals surface area contributed by atoms with Gasteiger partial charge in [0, 0.05) is 11.5 Å². The van der Waals surface area contributed by atoms with Crippen molar-refractivity contribution >= 4 is 18.0 Å². The van der Waals surface area contributed by atoms with Gasteiger partial charge < -0.3 is 20.1 Å². The number of aliphatic carboxylic acids is 1. The molecule has 0 radical (unpaired) electrons. The molecular weight excluding hydrogens is 564 g/mol. The zero-order chi connectivity index (χ0) is 32.8. The predicted molar refractivity (Wildman–Crippen MR) is 175 cm³/mol. The average Bonchev–Trinajstić information content (AvgIpc) is 2.96. The summed E-state index contributed by atoms with van der Waals surface area (Å²) < 4.78 is 6.15. The normalized spacial score (nSPS) is 43.7. The molecule has 1 aromatic rings. The van der Waals surface area contributed by atoms with Crippen LogP contribution in [0.2, 0.25) is 0 Å². The van der Waals surface area contributed by atoms with Crippen molar-refractivity contribution in [2.75, 3.05) is 0 Å². The van der Waals surface area contributed by atoms with Crippen molar-refractivity contribution in [2.24, 2.45) is 50.2 Å². The van der Waals surface area contributed by atoms with Crippen LogP contribution >= 0.6 is 0 Å². The number of rotatable bonds is 4. The molecule has 0 bridgehead atoms. The number of carboxylic acids is 1. The zero-order valence-corrected chi connectivity index (χ0v) is 28.4. The average molecular weight is 619 g/mol. The fourth-order valence-electron chi connectivity index (χ4n) is 11.7. The Morgan fingerprint density at radius 1 is 0.867 bits per heavy atom. The summed E-state index contributed by atoms with van der Waals surface area (Å²) in [4.78, 5) is 25.4. The van der Waals surface area contributed by atoms with Gasteiger partial charge in [-0.05, 0) is 134 Å². The van der Waals surface area contributed by atoms with Crippen LogP contribution in [0.15, 0.2) is 35.9 Å². The molecule has 4 fully saturated rings. The molecule has 0 spiro atoms. The van der Waals surface area contributed by atoms with Crippen molar-refractivity contribution in [2.45, 2.75) is 119 Å². The van der Waals surface area contributed by atoms with Gasteiger partial charge in [-0.15, -0.1) is 0 Å². The van der Waals surface area contributed by atoms with Crippen LogP contribution in [0, 0.1) is 50.2 Å². The maximum absolute atomic E-state index is 13.0. The molecule has 0 aliphatic heterocycles. The van der Waals surface area contributed by atoms with E-state index >= 15 is 0 Å². The molecule has 3 N–H and O–H groups in total. The lowest BCUT2D eigenvalue weighted by atomic mass is 9.33. The smallest absolute Gasteiger partial charge is 0.331 e. The van der Waals surface area contributed by atoms with Crippen molar-refractivity contribution in [1.29, 1.82) is 0 Å². The van der Waals surface area contributed by atoms with Crippen LogP contribution in [0.3, 0.4) is 0 Å². The van der Waals surface area contributed by atoms with Crippen molar-refractivity contribution in [3.05, 3.63) is 41.5 Å². The van der Waals surface area contributed by atoms with Crippen LogP contribution in [0.25, 0.3) is 6.08 Å². The first-order valence-electron chi connectivity index (χ1n) is 17.2. The topological polar surface area (TPSA) is 104 Å². The Bertz CT molecular complexity index is 1460. The molecule has 9 unspecified atom stereocenters. The standard InChI is InChI=1S/C39H54O6/c1-34(2)29-14-17-39(7)30(12-10-25-26-23-36(4,33(43)44)19-18-35(26,3)20-21-38(25,39)6)37(29,5)16-15-31(34)45-32(42)13-9-24-8-11-27(40)28(41)22-24/h8-11,13,22,26,29-31,40-41H,12,14-21,23H2,1-7H3,(H,43,44). The van der Waals surface area contributed by atoms with Gasteiger partial charge in [-0.1, -0.05) is 59.3 Å². The molecule has 4 saturated carbocycles. The maximum atomic E-state index is 13.0. The van der Waals surface area contributed by atoms with Crippen LogP contribution < -0.4 is 0 Å². The highest BCUT2D eigenvalue weighted by Crippen LogP contribution is 2.75. The van der Waals surface area contributed by atoms with Crippen LogP contribution in [-0.4, -0.2) is 33.4 Å². The molecular formula is C39H54O6. The minimum absolute atomic E-state index is 0.0613. The number of benzene rings is 1. The molecule has 0 amide bonds. The second-order valence-electron chi connectivity index (χ2n) is 17.4. The third-order valence-electron chi connectivity index (χ3n) is 15.0. The van der Waals surface area contributed by atoms with E-state index in [0.717, 1.165) is 51.4 Å². The first-order valence-corrected chi connectivity index (χ1v) is 17.2. The van der Waals surface area contributed by atoms with Crippen molar-refractivity contribution in [3.63, 3.8) is 0 Å². The van der Waals surface area contributed by atoms with E-state index in [9.17, 15) is 24.9 Å². The van der Waals surface area contributed by atoms with E-state index in [2.05, 4.69) is 47.6 Å². The quantitative estimate of drug-likeness (QED) is 0.135. The molecule has 0 aromatic heterocycles. The maximum Gasteiger partial charge on any atom is 0.331 e. The minimum Gasteiger partial charge on any atom is -0.504 e. The minimum atomic E-state index is -0.647. The van der Waals surface area contributed by atoms with Gasteiger partial charge >= 0.3 is 11.9 Å². The monoisotopic (exact) mass is 618 g/mol. The number of ether oxygens (including phenoxy) is 1. The molecule has 0 heterocycles. The molecule has 246 valence electrons. The Hall–Kier alpha value is -2.76. The summed E-state index contributed by atoms with van der Waals surface area (Å²) in [6.07, 6.45) is 15.4. The lowest BCUT2D eigenvalue weighted by Gasteiger charge is -2.71. The van der Waals surface area contributed by atoms with Gasteiger partial charge in [-0.3, -0.25) is 4.79 Å². The molecule has 5 aliphatic rings. The number of phenols is 2. The van der Waals surface area contributed by atoms with E-state index in [0.29, 0.717) is 23.3 Å². The second-order valence-corrected chi connectivity index (χ2v) is 17.4. The Kier molecular flexibility index (Phi) is 7.42. The predicted octanol–water partition coefficient (Wildman–Crippen LogP) is 8.91. The number of allylic oxidation sites excluding steroid dienone is 2. The highest BCUT2D eigenvalue weighted by atomic mass is 16.5. The Morgan fingerprint density at radius 3 is 2.27 bits per heavy atom.